The number of hydrogen-bond acceptors (Lipinski definition) is 1. The maximum absolute atomic E-state index is 3.50. The molecule has 0 atom stereocenters. The molecule has 2 heteroatoms. The van der Waals surface area contributed by atoms with Gasteiger partial charge in [0.1, 0.15) is 0 Å². The van der Waals surface area contributed by atoms with Crippen LogP contribution in [0.2, 0.25) is 0 Å². The van der Waals surface area contributed by atoms with Gasteiger partial charge in [0.25, 0.3) is 0 Å². The predicted molar refractivity (Wildman–Crippen MR) is 58.2 cm³/mol. The average Bonchev–Trinajstić information content (AvgIpc) is 2.56. The standard InChI is InChI=1S/C11H11NS/c1-2-4-10-8(3-1)9-7-13-6-5-11(9)12-10/h1-4,12H,5-7H2. The zero-order chi connectivity index (χ0) is 8.67. The average molecular weight is 189 g/mol. The highest BCUT2D eigenvalue weighted by molar-refractivity contribution is 7.98. The molecule has 2 aromatic rings. The first-order valence-corrected chi connectivity index (χ1v) is 5.77. The van der Waals surface area contributed by atoms with Crippen LogP contribution in [0.5, 0.6) is 0 Å². The second-order valence-electron chi connectivity index (χ2n) is 3.43. The van der Waals surface area contributed by atoms with E-state index in [0.717, 1.165) is 0 Å². The molecule has 0 aliphatic carbocycles. The summed E-state index contributed by atoms with van der Waals surface area (Å²) < 4.78 is 0. The van der Waals surface area contributed by atoms with Crippen molar-refractivity contribution in [1.82, 2.24) is 4.98 Å². The third kappa shape index (κ3) is 1.09. The molecular weight excluding hydrogens is 178 g/mol. The van der Waals surface area contributed by atoms with Crippen LogP contribution in [0, 0.1) is 0 Å². The molecule has 1 aromatic heterocycles. The Hall–Kier alpha value is -0.890. The number of thioether (sulfide) groups is 1. The summed E-state index contributed by atoms with van der Waals surface area (Å²) in [5, 5.41) is 1.42. The Morgan fingerprint density at radius 2 is 2.15 bits per heavy atom. The second kappa shape index (κ2) is 2.81. The molecule has 0 saturated heterocycles. The maximum Gasteiger partial charge on any atom is 0.0459 e. The van der Waals surface area contributed by atoms with Crippen molar-refractivity contribution in [2.75, 3.05) is 5.75 Å². The van der Waals surface area contributed by atoms with Gasteiger partial charge in [-0.2, -0.15) is 11.8 Å². The Bertz CT molecular complexity index is 444. The molecule has 1 nitrogen and oxygen atoms in total. The minimum absolute atomic E-state index is 1.18. The van der Waals surface area contributed by atoms with Crippen LogP contribution in [0.1, 0.15) is 11.3 Å². The molecule has 13 heavy (non-hydrogen) atoms. The first-order valence-electron chi connectivity index (χ1n) is 4.61. The van der Waals surface area contributed by atoms with Gasteiger partial charge in [-0.1, -0.05) is 18.2 Å². The molecule has 1 aromatic carbocycles. The van der Waals surface area contributed by atoms with Crippen molar-refractivity contribution in [1.29, 1.82) is 0 Å². The number of rotatable bonds is 0. The number of hydrogen-bond donors (Lipinski definition) is 1. The van der Waals surface area contributed by atoms with Gasteiger partial charge < -0.3 is 4.98 Å². The summed E-state index contributed by atoms with van der Waals surface area (Å²) in [6.45, 7) is 0. The van der Waals surface area contributed by atoms with Crippen molar-refractivity contribution in [3.8, 4) is 0 Å². The van der Waals surface area contributed by atoms with Crippen molar-refractivity contribution < 1.29 is 0 Å². The van der Waals surface area contributed by atoms with E-state index in [2.05, 4.69) is 29.2 Å². The summed E-state index contributed by atoms with van der Waals surface area (Å²) in [5.41, 5.74) is 4.29. The smallest absolute Gasteiger partial charge is 0.0459 e. The highest BCUT2D eigenvalue weighted by Gasteiger charge is 2.14. The number of nitrogens with one attached hydrogen (secondary N) is 1. The van der Waals surface area contributed by atoms with E-state index >= 15 is 0 Å². The van der Waals surface area contributed by atoms with Crippen molar-refractivity contribution in [3.05, 3.63) is 35.5 Å². The van der Waals surface area contributed by atoms with Crippen LogP contribution in [0.3, 0.4) is 0 Å². The van der Waals surface area contributed by atoms with Crippen molar-refractivity contribution in [2.45, 2.75) is 12.2 Å². The Morgan fingerprint density at radius 3 is 3.15 bits per heavy atom. The minimum Gasteiger partial charge on any atom is -0.358 e. The Labute approximate surface area is 81.5 Å². The normalized spacial score (nSPS) is 16.0. The third-order valence-electron chi connectivity index (χ3n) is 2.64. The summed E-state index contributed by atoms with van der Waals surface area (Å²) in [6.07, 6.45) is 1.20. The van der Waals surface area contributed by atoms with Crippen molar-refractivity contribution >= 4 is 22.7 Å². The van der Waals surface area contributed by atoms with E-state index in [9.17, 15) is 0 Å². The van der Waals surface area contributed by atoms with E-state index in [-0.39, 0.29) is 0 Å². The number of aromatic nitrogens is 1. The number of para-hydroxylation sites is 1. The molecule has 0 spiro atoms. The molecule has 2 heterocycles. The van der Waals surface area contributed by atoms with Gasteiger partial charge in [0.05, 0.1) is 0 Å². The van der Waals surface area contributed by atoms with E-state index in [0.29, 0.717) is 0 Å². The van der Waals surface area contributed by atoms with Crippen LogP contribution in [-0.2, 0) is 12.2 Å². The lowest BCUT2D eigenvalue weighted by molar-refractivity contribution is 1.04. The topological polar surface area (TPSA) is 15.8 Å². The molecule has 0 fully saturated rings. The quantitative estimate of drug-likeness (QED) is 0.673. The largest absolute Gasteiger partial charge is 0.358 e. The van der Waals surface area contributed by atoms with Crippen LogP contribution in [0.15, 0.2) is 24.3 Å². The van der Waals surface area contributed by atoms with Gasteiger partial charge >= 0.3 is 0 Å². The van der Waals surface area contributed by atoms with Crippen LogP contribution >= 0.6 is 11.8 Å². The van der Waals surface area contributed by atoms with Gasteiger partial charge in [-0.15, -0.1) is 0 Å². The fourth-order valence-corrected chi connectivity index (χ4v) is 3.01. The fraction of sp³-hybridized carbons (Fsp3) is 0.273. The number of aromatic amines is 1. The molecule has 1 aliphatic rings. The van der Waals surface area contributed by atoms with E-state index in [4.69, 9.17) is 0 Å². The zero-order valence-electron chi connectivity index (χ0n) is 7.34. The van der Waals surface area contributed by atoms with Gasteiger partial charge in [0, 0.05) is 22.3 Å². The zero-order valence-corrected chi connectivity index (χ0v) is 8.16. The first-order chi connectivity index (χ1) is 6.45. The molecule has 0 unspecified atom stereocenters. The molecule has 66 valence electrons. The molecule has 0 amide bonds. The fourth-order valence-electron chi connectivity index (χ4n) is 1.98. The SMILES string of the molecule is c1ccc2c3c([nH]c2c1)CCSC3. The van der Waals surface area contributed by atoms with E-state index < -0.39 is 0 Å². The highest BCUT2D eigenvalue weighted by atomic mass is 32.2. The minimum atomic E-state index is 1.18. The molecule has 0 saturated carbocycles. The second-order valence-corrected chi connectivity index (χ2v) is 4.54. The summed E-state index contributed by atoms with van der Waals surface area (Å²) in [6, 6.07) is 8.60. The van der Waals surface area contributed by atoms with Gasteiger partial charge in [-0.25, -0.2) is 0 Å². The Kier molecular flexibility index (Phi) is 1.62. The van der Waals surface area contributed by atoms with Crippen LogP contribution in [0.25, 0.3) is 10.9 Å². The van der Waals surface area contributed by atoms with Gasteiger partial charge in [-0.05, 0) is 23.8 Å². The Morgan fingerprint density at radius 1 is 1.23 bits per heavy atom. The lowest BCUT2D eigenvalue weighted by Crippen LogP contribution is -1.99. The van der Waals surface area contributed by atoms with Crippen LogP contribution < -0.4 is 0 Å². The molecule has 0 radical (unpaired) electrons. The van der Waals surface area contributed by atoms with E-state index in [1.807, 2.05) is 11.8 Å². The van der Waals surface area contributed by atoms with E-state index in [1.165, 1.54) is 40.1 Å². The lowest BCUT2D eigenvalue weighted by Gasteiger charge is -2.09. The highest BCUT2D eigenvalue weighted by Crippen LogP contribution is 2.30. The summed E-state index contributed by atoms with van der Waals surface area (Å²) >= 11 is 2.04. The first kappa shape index (κ1) is 7.51. The lowest BCUT2D eigenvalue weighted by atomic mass is 10.1. The third-order valence-corrected chi connectivity index (χ3v) is 3.63. The predicted octanol–water partition coefficient (Wildman–Crippen LogP) is 2.96. The summed E-state index contributed by atoms with van der Waals surface area (Å²) in [4.78, 5) is 3.50. The number of fused-ring (bicyclic) bond motifs is 3. The number of H-pyrrole nitrogens is 1. The number of benzene rings is 1. The Balaban J connectivity index is 2.34. The maximum atomic E-state index is 3.50. The van der Waals surface area contributed by atoms with Gasteiger partial charge in [0.2, 0.25) is 0 Å². The molecule has 1 aliphatic heterocycles. The van der Waals surface area contributed by atoms with Gasteiger partial charge in [0.15, 0.2) is 0 Å². The monoisotopic (exact) mass is 189 g/mol. The molecule has 3 rings (SSSR count). The summed E-state index contributed by atoms with van der Waals surface area (Å²) in [7, 11) is 0. The van der Waals surface area contributed by atoms with Gasteiger partial charge in [-0.3, -0.25) is 0 Å². The van der Waals surface area contributed by atoms with Crippen LogP contribution in [0.4, 0.5) is 0 Å². The van der Waals surface area contributed by atoms with Crippen LogP contribution in [-0.4, -0.2) is 10.7 Å². The van der Waals surface area contributed by atoms with E-state index in [1.54, 1.807) is 0 Å². The molecule has 0 bridgehead atoms. The van der Waals surface area contributed by atoms with Crippen molar-refractivity contribution in [2.24, 2.45) is 0 Å². The number of aryl methyl sites for hydroxylation is 1. The summed E-state index contributed by atoms with van der Waals surface area (Å²) in [5.74, 6) is 2.44. The van der Waals surface area contributed by atoms with Crippen molar-refractivity contribution in [3.63, 3.8) is 0 Å². The molecular formula is C11H11NS. The molecule has 1 N–H and O–H groups in total.